The third-order valence-corrected chi connectivity index (χ3v) is 3.46. The number of rotatable bonds is 2. The maximum atomic E-state index is 11.7. The van der Waals surface area contributed by atoms with E-state index in [0.717, 1.165) is 0 Å². The van der Waals surface area contributed by atoms with Crippen molar-refractivity contribution >= 4 is 22.8 Å². The van der Waals surface area contributed by atoms with Crippen molar-refractivity contribution in [1.29, 1.82) is 0 Å². The Morgan fingerprint density at radius 3 is 3.00 bits per heavy atom. The summed E-state index contributed by atoms with van der Waals surface area (Å²) >= 11 is 5.71. The molecule has 0 amide bonds. The molecule has 0 radical (unpaired) electrons. The van der Waals surface area contributed by atoms with Gasteiger partial charge in [0, 0.05) is 0 Å². The largest absolute Gasteiger partial charge is 0.394 e. The number of H-pyrrole nitrogens is 1. The molecule has 3 rings (SSSR count). The van der Waals surface area contributed by atoms with E-state index >= 15 is 0 Å². The van der Waals surface area contributed by atoms with Crippen LogP contribution in [-0.4, -0.2) is 54.6 Å². The van der Waals surface area contributed by atoms with E-state index in [1.54, 1.807) is 0 Å². The number of nitrogens with two attached hydrogens (primary N) is 1. The number of aromatic nitrogens is 4. The SMILES string of the molecule is NC1[C@H](n2cnc3c(=O)[nH]c(Cl)nc32)O[C@H](CO)[C@H]1O. The van der Waals surface area contributed by atoms with Gasteiger partial charge < -0.3 is 20.7 Å². The highest BCUT2D eigenvalue weighted by Crippen LogP contribution is 2.29. The monoisotopic (exact) mass is 301 g/mol. The lowest BCUT2D eigenvalue weighted by molar-refractivity contribution is -0.0437. The maximum absolute atomic E-state index is 11.7. The molecular weight excluding hydrogens is 290 g/mol. The summed E-state index contributed by atoms with van der Waals surface area (Å²) in [5, 5.41) is 18.9. The van der Waals surface area contributed by atoms with Crippen molar-refractivity contribution in [3.8, 4) is 0 Å². The van der Waals surface area contributed by atoms with Gasteiger partial charge in [0.1, 0.15) is 12.2 Å². The highest BCUT2D eigenvalue weighted by Gasteiger charge is 2.42. The van der Waals surface area contributed by atoms with Crippen LogP contribution in [0.2, 0.25) is 5.28 Å². The smallest absolute Gasteiger partial charge is 0.280 e. The molecule has 0 spiro atoms. The second-order valence-electron chi connectivity index (χ2n) is 4.50. The molecule has 1 aliphatic heterocycles. The molecule has 0 bridgehead atoms. The van der Waals surface area contributed by atoms with Crippen LogP contribution in [0.4, 0.5) is 0 Å². The van der Waals surface area contributed by atoms with Gasteiger partial charge in [-0.1, -0.05) is 0 Å². The Morgan fingerprint density at radius 1 is 1.60 bits per heavy atom. The first kappa shape index (κ1) is 13.5. The van der Waals surface area contributed by atoms with Gasteiger partial charge in [0.05, 0.1) is 19.0 Å². The van der Waals surface area contributed by atoms with E-state index in [1.165, 1.54) is 10.9 Å². The van der Waals surface area contributed by atoms with Crippen LogP contribution in [0.5, 0.6) is 0 Å². The molecule has 9 nitrogen and oxygen atoms in total. The van der Waals surface area contributed by atoms with E-state index in [2.05, 4.69) is 15.0 Å². The van der Waals surface area contributed by atoms with Crippen molar-refractivity contribution in [1.82, 2.24) is 19.5 Å². The average Bonchev–Trinajstić information content (AvgIpc) is 2.93. The summed E-state index contributed by atoms with van der Waals surface area (Å²) < 4.78 is 6.89. The molecule has 3 heterocycles. The predicted molar refractivity (Wildman–Crippen MR) is 68.1 cm³/mol. The molecule has 2 aromatic heterocycles. The van der Waals surface area contributed by atoms with Crippen LogP contribution in [0.25, 0.3) is 11.2 Å². The molecule has 2 aromatic rings. The second-order valence-corrected chi connectivity index (χ2v) is 4.85. The van der Waals surface area contributed by atoms with Crippen molar-refractivity contribution in [2.75, 3.05) is 6.61 Å². The van der Waals surface area contributed by atoms with Gasteiger partial charge in [0.25, 0.3) is 5.56 Å². The molecule has 1 aliphatic rings. The summed E-state index contributed by atoms with van der Waals surface area (Å²) in [5.41, 5.74) is 5.67. The van der Waals surface area contributed by atoms with Crippen molar-refractivity contribution in [2.24, 2.45) is 5.73 Å². The molecule has 10 heteroatoms. The number of aromatic amines is 1. The standard InChI is InChI=1S/C10H12ClN5O4/c11-10-14-7-5(8(19)15-10)13-2-16(7)9-4(12)6(18)3(1-17)20-9/h2-4,6,9,17-18H,1,12H2,(H,14,15,19)/t3-,4?,6-,9-/m1/s1. The first-order valence-electron chi connectivity index (χ1n) is 5.85. The molecule has 1 saturated heterocycles. The molecule has 1 fully saturated rings. The number of nitrogens with one attached hydrogen (secondary N) is 1. The Hall–Kier alpha value is -1.52. The number of nitrogens with zero attached hydrogens (tertiary/aromatic N) is 3. The summed E-state index contributed by atoms with van der Waals surface area (Å²) in [4.78, 5) is 21.9. The highest BCUT2D eigenvalue weighted by atomic mass is 35.5. The fourth-order valence-corrected chi connectivity index (χ4v) is 2.42. The molecule has 108 valence electrons. The zero-order valence-corrected chi connectivity index (χ0v) is 10.9. The minimum absolute atomic E-state index is 0.0879. The quantitative estimate of drug-likeness (QED) is 0.487. The van der Waals surface area contributed by atoms with Crippen LogP contribution in [-0.2, 0) is 4.74 Å². The van der Waals surface area contributed by atoms with E-state index in [0.29, 0.717) is 0 Å². The molecule has 0 saturated carbocycles. The van der Waals surface area contributed by atoms with Crippen LogP contribution >= 0.6 is 11.6 Å². The minimum Gasteiger partial charge on any atom is -0.394 e. The molecular formula is C10H12ClN5O4. The zero-order chi connectivity index (χ0) is 14.4. The normalized spacial score (nSPS) is 30.2. The summed E-state index contributed by atoms with van der Waals surface area (Å²) in [5.74, 6) is 0. The van der Waals surface area contributed by atoms with E-state index in [1.807, 2.05) is 0 Å². The molecule has 5 N–H and O–H groups in total. The number of imidazole rings is 1. The van der Waals surface area contributed by atoms with E-state index < -0.39 is 30.0 Å². The number of hydrogen-bond donors (Lipinski definition) is 4. The lowest BCUT2D eigenvalue weighted by atomic mass is 10.1. The predicted octanol–water partition coefficient (Wildman–Crippen LogP) is -1.65. The Bertz CT molecular complexity index is 701. The Morgan fingerprint density at radius 2 is 2.35 bits per heavy atom. The maximum Gasteiger partial charge on any atom is 0.280 e. The Kier molecular flexibility index (Phi) is 3.22. The second kappa shape index (κ2) is 4.79. The number of hydrogen-bond acceptors (Lipinski definition) is 7. The Balaban J connectivity index is 2.09. The topological polar surface area (TPSA) is 139 Å². The zero-order valence-electron chi connectivity index (χ0n) is 10.1. The third-order valence-electron chi connectivity index (χ3n) is 3.28. The van der Waals surface area contributed by atoms with Crippen LogP contribution in [0.15, 0.2) is 11.1 Å². The van der Waals surface area contributed by atoms with Crippen molar-refractivity contribution in [2.45, 2.75) is 24.5 Å². The van der Waals surface area contributed by atoms with Crippen molar-refractivity contribution in [3.63, 3.8) is 0 Å². The Labute approximate surface area is 117 Å². The number of aliphatic hydroxyl groups excluding tert-OH is 2. The first-order valence-corrected chi connectivity index (χ1v) is 6.23. The number of fused-ring (bicyclic) bond motifs is 1. The number of ether oxygens (including phenoxy) is 1. The van der Waals surface area contributed by atoms with Gasteiger partial charge in [-0.15, -0.1) is 0 Å². The fraction of sp³-hybridized carbons (Fsp3) is 0.500. The molecule has 20 heavy (non-hydrogen) atoms. The van der Waals surface area contributed by atoms with Crippen molar-refractivity contribution in [3.05, 3.63) is 22.0 Å². The molecule has 0 aliphatic carbocycles. The average molecular weight is 302 g/mol. The fourth-order valence-electron chi connectivity index (χ4n) is 2.25. The first-order chi connectivity index (χ1) is 9.52. The van der Waals surface area contributed by atoms with Gasteiger partial charge >= 0.3 is 0 Å². The van der Waals surface area contributed by atoms with Gasteiger partial charge in [0.15, 0.2) is 17.4 Å². The van der Waals surface area contributed by atoms with Crippen LogP contribution in [0, 0.1) is 0 Å². The summed E-state index contributed by atoms with van der Waals surface area (Å²) in [6.07, 6.45) is -1.29. The molecule has 0 aromatic carbocycles. The number of aliphatic hydroxyl groups is 2. The lowest BCUT2D eigenvalue weighted by Gasteiger charge is -2.17. The number of halogens is 1. The summed E-state index contributed by atoms with van der Waals surface area (Å²) in [6.45, 7) is -0.368. The molecule has 4 atom stereocenters. The van der Waals surface area contributed by atoms with Gasteiger partial charge in [-0.3, -0.25) is 14.3 Å². The third kappa shape index (κ3) is 1.91. The summed E-state index contributed by atoms with van der Waals surface area (Å²) in [6, 6.07) is -0.788. The van der Waals surface area contributed by atoms with Gasteiger partial charge in [-0.2, -0.15) is 4.98 Å². The van der Waals surface area contributed by atoms with Crippen LogP contribution in [0.1, 0.15) is 6.23 Å². The van der Waals surface area contributed by atoms with Crippen LogP contribution < -0.4 is 11.3 Å². The van der Waals surface area contributed by atoms with E-state index in [-0.39, 0.29) is 23.1 Å². The highest BCUT2D eigenvalue weighted by molar-refractivity contribution is 6.28. The van der Waals surface area contributed by atoms with Gasteiger partial charge in [-0.05, 0) is 11.6 Å². The minimum atomic E-state index is -1.03. The lowest BCUT2D eigenvalue weighted by Crippen LogP contribution is -2.39. The van der Waals surface area contributed by atoms with Crippen LogP contribution in [0.3, 0.4) is 0 Å². The summed E-state index contributed by atoms with van der Waals surface area (Å²) in [7, 11) is 0. The molecule has 1 unspecified atom stereocenters. The van der Waals surface area contributed by atoms with E-state index in [9.17, 15) is 9.90 Å². The van der Waals surface area contributed by atoms with E-state index in [4.69, 9.17) is 27.2 Å². The van der Waals surface area contributed by atoms with Gasteiger partial charge in [0.2, 0.25) is 5.28 Å². The van der Waals surface area contributed by atoms with Crippen molar-refractivity contribution < 1.29 is 14.9 Å². The van der Waals surface area contributed by atoms with Gasteiger partial charge in [-0.25, -0.2) is 4.98 Å².